The fourth-order valence-electron chi connectivity index (χ4n) is 1.51. The van der Waals surface area contributed by atoms with E-state index >= 15 is 0 Å². The van der Waals surface area contributed by atoms with Crippen molar-refractivity contribution in [3.8, 4) is 0 Å². The van der Waals surface area contributed by atoms with Crippen LogP contribution in [0.2, 0.25) is 0 Å². The van der Waals surface area contributed by atoms with Gasteiger partial charge in [-0.2, -0.15) is 13.2 Å². The Kier molecular flexibility index (Phi) is 6.38. The fourth-order valence-corrected chi connectivity index (χ4v) is 1.51. The van der Waals surface area contributed by atoms with E-state index < -0.39 is 12.2 Å². The Morgan fingerprint density at radius 2 is 1.75 bits per heavy atom. The Morgan fingerprint density at radius 1 is 1.19 bits per heavy atom. The lowest BCUT2D eigenvalue weighted by Gasteiger charge is -2.30. The van der Waals surface area contributed by atoms with Crippen molar-refractivity contribution in [2.75, 3.05) is 6.54 Å². The van der Waals surface area contributed by atoms with Gasteiger partial charge in [0.1, 0.15) is 6.04 Å². The molecule has 0 rings (SSSR count). The minimum absolute atomic E-state index is 0.0183. The first-order valence-corrected chi connectivity index (χ1v) is 6.05. The van der Waals surface area contributed by atoms with Crippen molar-refractivity contribution in [3.05, 3.63) is 0 Å². The molecule has 0 aromatic carbocycles. The normalized spacial score (nSPS) is 18.2. The second-order valence-corrected chi connectivity index (χ2v) is 4.91. The number of rotatable bonds is 7. The van der Waals surface area contributed by atoms with Crippen LogP contribution in [-0.4, -0.2) is 18.8 Å². The Hall–Kier alpha value is -0.250. The summed E-state index contributed by atoms with van der Waals surface area (Å²) in [6.07, 6.45) is -0.0849. The summed E-state index contributed by atoms with van der Waals surface area (Å²) in [4.78, 5) is 0. The standard InChI is InChI=1S/C12H24F3N/c1-5-7-8-11(4,6-2)9-16-10(3)12(13,14)15/h10,16H,5-9H2,1-4H3. The molecule has 16 heavy (non-hydrogen) atoms. The van der Waals surface area contributed by atoms with E-state index in [4.69, 9.17) is 0 Å². The Balaban J connectivity index is 4.13. The van der Waals surface area contributed by atoms with E-state index in [0.717, 1.165) is 25.7 Å². The maximum absolute atomic E-state index is 12.3. The van der Waals surface area contributed by atoms with E-state index in [2.05, 4.69) is 19.2 Å². The largest absolute Gasteiger partial charge is 0.403 e. The molecule has 98 valence electrons. The van der Waals surface area contributed by atoms with Gasteiger partial charge in [0.25, 0.3) is 0 Å². The van der Waals surface area contributed by atoms with Crippen LogP contribution in [0.3, 0.4) is 0 Å². The minimum Gasteiger partial charge on any atom is -0.306 e. The van der Waals surface area contributed by atoms with Crippen LogP contribution in [0, 0.1) is 5.41 Å². The number of hydrogen-bond acceptors (Lipinski definition) is 1. The molecule has 0 saturated carbocycles. The van der Waals surface area contributed by atoms with E-state index in [9.17, 15) is 13.2 Å². The maximum atomic E-state index is 12.3. The molecule has 0 spiro atoms. The zero-order chi connectivity index (χ0) is 12.8. The lowest BCUT2D eigenvalue weighted by molar-refractivity contribution is -0.152. The molecule has 2 atom stereocenters. The minimum atomic E-state index is -4.14. The van der Waals surface area contributed by atoms with E-state index in [0.29, 0.717) is 6.54 Å². The lowest BCUT2D eigenvalue weighted by Crippen LogP contribution is -2.44. The van der Waals surface area contributed by atoms with Gasteiger partial charge in [-0.3, -0.25) is 0 Å². The van der Waals surface area contributed by atoms with Crippen molar-refractivity contribution < 1.29 is 13.2 Å². The molecule has 2 unspecified atom stereocenters. The first-order valence-electron chi connectivity index (χ1n) is 6.05. The Morgan fingerprint density at radius 3 is 2.12 bits per heavy atom. The highest BCUT2D eigenvalue weighted by molar-refractivity contribution is 4.79. The molecule has 0 aliphatic heterocycles. The summed E-state index contributed by atoms with van der Waals surface area (Å²) in [5, 5.41) is 2.60. The first kappa shape index (κ1) is 15.8. The molecule has 0 aromatic heterocycles. The maximum Gasteiger partial charge on any atom is 0.403 e. The molecule has 1 N–H and O–H groups in total. The summed E-state index contributed by atoms with van der Waals surface area (Å²) < 4.78 is 37.0. The molecule has 0 bridgehead atoms. The lowest BCUT2D eigenvalue weighted by atomic mass is 9.82. The van der Waals surface area contributed by atoms with Crippen molar-refractivity contribution in [1.29, 1.82) is 0 Å². The van der Waals surface area contributed by atoms with E-state index in [1.165, 1.54) is 6.92 Å². The zero-order valence-electron chi connectivity index (χ0n) is 10.7. The molecule has 0 aliphatic carbocycles. The van der Waals surface area contributed by atoms with Crippen LogP contribution in [0.4, 0.5) is 13.2 Å². The van der Waals surface area contributed by atoms with Crippen LogP contribution in [0.25, 0.3) is 0 Å². The molecule has 0 radical (unpaired) electrons. The van der Waals surface area contributed by atoms with Gasteiger partial charge < -0.3 is 5.32 Å². The predicted octanol–water partition coefficient (Wildman–Crippen LogP) is 4.13. The SMILES string of the molecule is CCCCC(C)(CC)CNC(C)C(F)(F)F. The molecular weight excluding hydrogens is 215 g/mol. The summed E-state index contributed by atoms with van der Waals surface area (Å²) in [5.74, 6) is 0. The molecule has 0 aliphatic rings. The summed E-state index contributed by atoms with van der Waals surface area (Å²) in [5.41, 5.74) is -0.0183. The van der Waals surface area contributed by atoms with Gasteiger partial charge in [0.15, 0.2) is 0 Å². The number of nitrogens with one attached hydrogen (secondary N) is 1. The fraction of sp³-hybridized carbons (Fsp3) is 1.00. The second kappa shape index (κ2) is 6.48. The molecule has 0 saturated heterocycles. The van der Waals surface area contributed by atoms with Crippen LogP contribution in [0.5, 0.6) is 0 Å². The topological polar surface area (TPSA) is 12.0 Å². The molecule has 4 heteroatoms. The van der Waals surface area contributed by atoms with Crippen LogP contribution in [-0.2, 0) is 0 Å². The predicted molar refractivity (Wildman–Crippen MR) is 61.4 cm³/mol. The molecule has 1 nitrogen and oxygen atoms in total. The molecule has 0 fully saturated rings. The first-order chi connectivity index (χ1) is 7.25. The second-order valence-electron chi connectivity index (χ2n) is 4.91. The number of hydrogen-bond donors (Lipinski definition) is 1. The van der Waals surface area contributed by atoms with Gasteiger partial charge >= 0.3 is 6.18 Å². The third-order valence-electron chi connectivity index (χ3n) is 3.31. The van der Waals surface area contributed by atoms with Crippen molar-refractivity contribution in [2.45, 2.75) is 65.6 Å². The van der Waals surface area contributed by atoms with E-state index in [1.54, 1.807) is 0 Å². The summed E-state index contributed by atoms with van der Waals surface area (Å²) in [7, 11) is 0. The van der Waals surface area contributed by atoms with Gasteiger partial charge in [-0.25, -0.2) is 0 Å². The third-order valence-corrected chi connectivity index (χ3v) is 3.31. The monoisotopic (exact) mass is 239 g/mol. The van der Waals surface area contributed by atoms with Crippen LogP contribution >= 0.6 is 0 Å². The van der Waals surface area contributed by atoms with Crippen molar-refractivity contribution in [3.63, 3.8) is 0 Å². The number of halogens is 3. The van der Waals surface area contributed by atoms with Crippen LogP contribution < -0.4 is 5.32 Å². The van der Waals surface area contributed by atoms with Gasteiger partial charge in [0, 0.05) is 6.54 Å². The van der Waals surface area contributed by atoms with Crippen LogP contribution in [0.15, 0.2) is 0 Å². The van der Waals surface area contributed by atoms with Crippen LogP contribution in [0.1, 0.15) is 53.4 Å². The smallest absolute Gasteiger partial charge is 0.306 e. The van der Waals surface area contributed by atoms with Crippen molar-refractivity contribution in [1.82, 2.24) is 5.32 Å². The zero-order valence-corrected chi connectivity index (χ0v) is 10.7. The van der Waals surface area contributed by atoms with Gasteiger partial charge in [-0.1, -0.05) is 33.6 Å². The third kappa shape index (κ3) is 5.73. The molecule has 0 amide bonds. The quantitative estimate of drug-likeness (QED) is 0.704. The molecule has 0 aromatic rings. The summed E-state index contributed by atoms with van der Waals surface area (Å²) >= 11 is 0. The highest BCUT2D eigenvalue weighted by Crippen LogP contribution is 2.28. The van der Waals surface area contributed by atoms with Gasteiger partial charge in [0.05, 0.1) is 0 Å². The van der Waals surface area contributed by atoms with Gasteiger partial charge in [0.2, 0.25) is 0 Å². The summed E-state index contributed by atoms with van der Waals surface area (Å²) in [6.45, 7) is 7.80. The van der Waals surface area contributed by atoms with Crippen molar-refractivity contribution >= 4 is 0 Å². The average molecular weight is 239 g/mol. The van der Waals surface area contributed by atoms with E-state index in [-0.39, 0.29) is 5.41 Å². The molecule has 0 heterocycles. The van der Waals surface area contributed by atoms with Gasteiger partial charge in [-0.15, -0.1) is 0 Å². The highest BCUT2D eigenvalue weighted by atomic mass is 19.4. The van der Waals surface area contributed by atoms with Gasteiger partial charge in [-0.05, 0) is 25.2 Å². The molecular formula is C12H24F3N. The number of unbranched alkanes of at least 4 members (excludes halogenated alkanes) is 1. The number of alkyl halides is 3. The Labute approximate surface area is 96.8 Å². The Bertz CT molecular complexity index is 191. The highest BCUT2D eigenvalue weighted by Gasteiger charge is 2.36. The van der Waals surface area contributed by atoms with E-state index in [1.807, 2.05) is 6.92 Å². The average Bonchev–Trinajstić information content (AvgIpc) is 2.21. The summed E-state index contributed by atoms with van der Waals surface area (Å²) in [6, 6.07) is -1.42. The van der Waals surface area contributed by atoms with Crippen molar-refractivity contribution in [2.24, 2.45) is 5.41 Å².